The molecule has 0 radical (unpaired) electrons. The van der Waals surface area contributed by atoms with Crippen LogP contribution in [0.4, 0.5) is 0 Å². The summed E-state index contributed by atoms with van der Waals surface area (Å²) < 4.78 is 0. The Morgan fingerprint density at radius 3 is 2.69 bits per heavy atom. The number of hydrogen-bond acceptors (Lipinski definition) is 2. The van der Waals surface area contributed by atoms with E-state index in [4.69, 9.17) is 0 Å². The van der Waals surface area contributed by atoms with Crippen molar-refractivity contribution >= 4 is 16.9 Å². The Balaban J connectivity index is 2.63. The summed E-state index contributed by atoms with van der Waals surface area (Å²) in [5.41, 5.74) is 1.18. The third-order valence-electron chi connectivity index (χ3n) is 1.77. The summed E-state index contributed by atoms with van der Waals surface area (Å²) in [5.74, 6) is 0. The standard InChI is InChI=1S/C11H14OS/c1-3-6-11(12)13-10-8-5-4-7-9(10)2/h4-5,7-8H,3,6H2,1-2H3. The molecule has 0 saturated carbocycles. The van der Waals surface area contributed by atoms with Gasteiger partial charge in [-0.1, -0.05) is 36.9 Å². The Hall–Kier alpha value is -0.760. The first-order chi connectivity index (χ1) is 6.24. The van der Waals surface area contributed by atoms with Gasteiger partial charge in [0.1, 0.15) is 0 Å². The van der Waals surface area contributed by atoms with Crippen molar-refractivity contribution in [3.63, 3.8) is 0 Å². The number of aryl methyl sites for hydroxylation is 1. The van der Waals surface area contributed by atoms with Gasteiger partial charge < -0.3 is 0 Å². The summed E-state index contributed by atoms with van der Waals surface area (Å²) >= 11 is 1.36. The van der Waals surface area contributed by atoms with Gasteiger partial charge in [0.25, 0.3) is 0 Å². The fraction of sp³-hybridized carbons (Fsp3) is 0.364. The van der Waals surface area contributed by atoms with Crippen molar-refractivity contribution in [3.8, 4) is 0 Å². The van der Waals surface area contributed by atoms with Crippen molar-refractivity contribution in [1.29, 1.82) is 0 Å². The number of thioether (sulfide) groups is 1. The Morgan fingerprint density at radius 1 is 1.38 bits per heavy atom. The first-order valence-electron chi connectivity index (χ1n) is 4.50. The SMILES string of the molecule is CCCC(=O)Sc1ccccc1C. The molecule has 0 amide bonds. The van der Waals surface area contributed by atoms with Crippen LogP contribution in [0.25, 0.3) is 0 Å². The minimum Gasteiger partial charge on any atom is -0.287 e. The van der Waals surface area contributed by atoms with Gasteiger partial charge in [0.15, 0.2) is 5.12 Å². The molecule has 0 aliphatic rings. The van der Waals surface area contributed by atoms with Gasteiger partial charge in [-0.3, -0.25) is 4.79 Å². The second kappa shape index (κ2) is 5.07. The number of carbonyl (C=O) groups is 1. The lowest BCUT2D eigenvalue weighted by molar-refractivity contribution is -0.111. The van der Waals surface area contributed by atoms with Crippen LogP contribution in [0.2, 0.25) is 0 Å². The van der Waals surface area contributed by atoms with E-state index in [0.717, 1.165) is 11.3 Å². The van der Waals surface area contributed by atoms with Crippen LogP contribution in [-0.2, 0) is 4.79 Å². The van der Waals surface area contributed by atoms with Gasteiger partial charge in [-0.2, -0.15) is 0 Å². The van der Waals surface area contributed by atoms with Crippen LogP contribution < -0.4 is 0 Å². The molecule has 0 aliphatic heterocycles. The first-order valence-corrected chi connectivity index (χ1v) is 5.32. The quantitative estimate of drug-likeness (QED) is 0.686. The second-order valence-electron chi connectivity index (χ2n) is 2.99. The van der Waals surface area contributed by atoms with Crippen molar-refractivity contribution in [2.45, 2.75) is 31.6 Å². The van der Waals surface area contributed by atoms with Gasteiger partial charge in [0.05, 0.1) is 0 Å². The van der Waals surface area contributed by atoms with Gasteiger partial charge in [0.2, 0.25) is 0 Å². The average molecular weight is 194 g/mol. The van der Waals surface area contributed by atoms with E-state index < -0.39 is 0 Å². The van der Waals surface area contributed by atoms with Crippen LogP contribution >= 0.6 is 11.8 Å². The highest BCUT2D eigenvalue weighted by Gasteiger charge is 2.04. The first kappa shape index (κ1) is 10.3. The fourth-order valence-corrected chi connectivity index (χ4v) is 1.98. The van der Waals surface area contributed by atoms with E-state index in [1.165, 1.54) is 17.3 Å². The van der Waals surface area contributed by atoms with Crippen molar-refractivity contribution in [3.05, 3.63) is 29.8 Å². The van der Waals surface area contributed by atoms with Crippen molar-refractivity contribution in [2.75, 3.05) is 0 Å². The lowest BCUT2D eigenvalue weighted by Gasteiger charge is -2.02. The molecule has 2 heteroatoms. The molecule has 1 nitrogen and oxygen atoms in total. The molecule has 0 bridgehead atoms. The Kier molecular flexibility index (Phi) is 4.03. The molecule has 0 aliphatic carbocycles. The summed E-state index contributed by atoms with van der Waals surface area (Å²) in [6.45, 7) is 4.05. The number of benzene rings is 1. The topological polar surface area (TPSA) is 17.1 Å². The molecular formula is C11H14OS. The van der Waals surface area contributed by atoms with Gasteiger partial charge in [-0.05, 0) is 25.0 Å². The predicted octanol–water partition coefficient (Wildman–Crippen LogP) is 3.41. The lowest BCUT2D eigenvalue weighted by Crippen LogP contribution is -1.90. The van der Waals surface area contributed by atoms with E-state index in [9.17, 15) is 4.79 Å². The summed E-state index contributed by atoms with van der Waals surface area (Å²) in [7, 11) is 0. The molecule has 0 spiro atoms. The largest absolute Gasteiger partial charge is 0.287 e. The van der Waals surface area contributed by atoms with Crippen LogP contribution in [0.1, 0.15) is 25.3 Å². The van der Waals surface area contributed by atoms with Gasteiger partial charge >= 0.3 is 0 Å². The Labute approximate surface area is 83.5 Å². The van der Waals surface area contributed by atoms with Crippen LogP contribution in [-0.4, -0.2) is 5.12 Å². The molecule has 0 heterocycles. The van der Waals surface area contributed by atoms with Gasteiger partial charge in [-0.25, -0.2) is 0 Å². The van der Waals surface area contributed by atoms with Crippen LogP contribution in [0.15, 0.2) is 29.2 Å². The average Bonchev–Trinajstić information content (AvgIpc) is 2.09. The molecule has 0 aromatic heterocycles. The van der Waals surface area contributed by atoms with Gasteiger partial charge in [0, 0.05) is 11.3 Å². The molecule has 13 heavy (non-hydrogen) atoms. The zero-order valence-electron chi connectivity index (χ0n) is 8.04. The molecule has 1 rings (SSSR count). The van der Waals surface area contributed by atoms with E-state index in [-0.39, 0.29) is 5.12 Å². The van der Waals surface area contributed by atoms with Crippen molar-refractivity contribution < 1.29 is 4.79 Å². The highest BCUT2D eigenvalue weighted by Crippen LogP contribution is 2.23. The maximum absolute atomic E-state index is 11.3. The van der Waals surface area contributed by atoms with Crippen LogP contribution in [0, 0.1) is 6.92 Å². The van der Waals surface area contributed by atoms with Gasteiger partial charge in [-0.15, -0.1) is 0 Å². The van der Waals surface area contributed by atoms with Crippen LogP contribution in [0.3, 0.4) is 0 Å². The van der Waals surface area contributed by atoms with E-state index in [1.54, 1.807) is 0 Å². The Bertz CT molecular complexity index is 294. The molecule has 0 fully saturated rings. The normalized spacial score (nSPS) is 10.0. The van der Waals surface area contributed by atoms with Crippen molar-refractivity contribution in [2.24, 2.45) is 0 Å². The van der Waals surface area contributed by atoms with E-state index >= 15 is 0 Å². The Morgan fingerprint density at radius 2 is 2.08 bits per heavy atom. The molecule has 0 unspecified atom stereocenters. The molecule has 1 aromatic rings. The summed E-state index contributed by atoms with van der Waals surface area (Å²) in [5, 5.41) is 0.261. The summed E-state index contributed by atoms with van der Waals surface area (Å²) in [6.07, 6.45) is 1.59. The molecule has 1 aromatic carbocycles. The third kappa shape index (κ3) is 3.23. The maximum Gasteiger partial charge on any atom is 0.193 e. The lowest BCUT2D eigenvalue weighted by atomic mass is 10.2. The zero-order valence-corrected chi connectivity index (χ0v) is 8.86. The zero-order chi connectivity index (χ0) is 9.68. The number of hydrogen-bond donors (Lipinski definition) is 0. The third-order valence-corrected chi connectivity index (χ3v) is 2.88. The summed E-state index contributed by atoms with van der Waals surface area (Å²) in [4.78, 5) is 12.4. The smallest absolute Gasteiger partial charge is 0.193 e. The predicted molar refractivity (Wildman–Crippen MR) is 57.0 cm³/mol. The van der Waals surface area contributed by atoms with E-state index in [2.05, 4.69) is 0 Å². The molecule has 70 valence electrons. The second-order valence-corrected chi connectivity index (χ2v) is 4.09. The molecule has 0 saturated heterocycles. The van der Waals surface area contributed by atoms with Crippen molar-refractivity contribution in [1.82, 2.24) is 0 Å². The minimum absolute atomic E-state index is 0.261. The molecule has 0 N–H and O–H groups in total. The minimum atomic E-state index is 0.261. The highest BCUT2D eigenvalue weighted by molar-refractivity contribution is 8.13. The van der Waals surface area contributed by atoms with Crippen LogP contribution in [0.5, 0.6) is 0 Å². The maximum atomic E-state index is 11.3. The van der Waals surface area contributed by atoms with E-state index in [1.807, 2.05) is 38.1 Å². The summed E-state index contributed by atoms with van der Waals surface area (Å²) in [6, 6.07) is 7.98. The monoisotopic (exact) mass is 194 g/mol. The van der Waals surface area contributed by atoms with E-state index in [0.29, 0.717) is 6.42 Å². The molecular weight excluding hydrogens is 180 g/mol. The number of rotatable bonds is 3. The highest BCUT2D eigenvalue weighted by atomic mass is 32.2. The number of carbonyl (C=O) groups excluding carboxylic acids is 1. The fourth-order valence-electron chi connectivity index (χ4n) is 1.05. The molecule has 0 atom stereocenters.